The minimum Gasteiger partial charge on any atom is -0.504 e. The molecule has 0 atom stereocenters. The molecule has 27 heavy (non-hydrogen) atoms. The molecule has 138 valence electrons. The van der Waals surface area contributed by atoms with E-state index in [4.69, 9.17) is 28.6 Å². The van der Waals surface area contributed by atoms with Crippen molar-refractivity contribution in [3.8, 4) is 11.5 Å². The summed E-state index contributed by atoms with van der Waals surface area (Å²) in [6, 6.07) is 11.0. The molecule has 2 N–H and O–H groups in total. The summed E-state index contributed by atoms with van der Waals surface area (Å²) in [5, 5.41) is 11.2. The van der Waals surface area contributed by atoms with E-state index in [-0.39, 0.29) is 15.8 Å². The molecular formula is C18H13ClN2O4S2. The van der Waals surface area contributed by atoms with Gasteiger partial charge in [0.25, 0.3) is 11.8 Å². The van der Waals surface area contributed by atoms with Crippen LogP contribution < -0.4 is 10.2 Å². The second kappa shape index (κ2) is 7.99. The monoisotopic (exact) mass is 420 g/mol. The molecule has 1 aliphatic heterocycles. The molecule has 2 aromatic carbocycles. The van der Waals surface area contributed by atoms with Crippen LogP contribution in [0.25, 0.3) is 6.08 Å². The second-order valence-corrected chi connectivity index (χ2v) is 7.51. The fourth-order valence-electron chi connectivity index (χ4n) is 2.27. The summed E-state index contributed by atoms with van der Waals surface area (Å²) in [6.07, 6.45) is 1.61. The summed E-state index contributed by atoms with van der Waals surface area (Å²) < 4.78 is 5.26. The number of carbonyl (C=O) groups is 2. The number of aromatic hydroxyl groups is 1. The lowest BCUT2D eigenvalue weighted by molar-refractivity contribution is -0.123. The van der Waals surface area contributed by atoms with Gasteiger partial charge in [-0.25, -0.2) is 0 Å². The number of hydrazine groups is 1. The maximum absolute atomic E-state index is 12.6. The molecule has 6 nitrogen and oxygen atoms in total. The van der Waals surface area contributed by atoms with Crippen LogP contribution in [0.3, 0.4) is 0 Å². The smallest absolute Gasteiger partial charge is 0.285 e. The van der Waals surface area contributed by atoms with Crippen molar-refractivity contribution in [2.45, 2.75) is 0 Å². The van der Waals surface area contributed by atoms with E-state index in [1.165, 1.54) is 13.2 Å². The van der Waals surface area contributed by atoms with Crippen LogP contribution in [0.4, 0.5) is 0 Å². The number of nitrogens with one attached hydrogen (secondary N) is 1. The van der Waals surface area contributed by atoms with Gasteiger partial charge < -0.3 is 9.84 Å². The molecule has 1 saturated heterocycles. The van der Waals surface area contributed by atoms with Crippen molar-refractivity contribution in [3.63, 3.8) is 0 Å². The zero-order chi connectivity index (χ0) is 19.6. The molecule has 0 radical (unpaired) electrons. The summed E-state index contributed by atoms with van der Waals surface area (Å²) in [5.74, 6) is -0.637. The maximum atomic E-state index is 12.6. The highest BCUT2D eigenvalue weighted by Crippen LogP contribution is 2.33. The maximum Gasteiger partial charge on any atom is 0.285 e. The third kappa shape index (κ3) is 4.24. The van der Waals surface area contributed by atoms with Crippen molar-refractivity contribution in [2.75, 3.05) is 7.11 Å². The van der Waals surface area contributed by atoms with Gasteiger partial charge in [-0.15, -0.1) is 0 Å². The highest BCUT2D eigenvalue weighted by molar-refractivity contribution is 8.26. The fourth-order valence-corrected chi connectivity index (χ4v) is 3.57. The summed E-state index contributed by atoms with van der Waals surface area (Å²) in [6.45, 7) is 0. The van der Waals surface area contributed by atoms with Crippen LogP contribution in [-0.2, 0) is 4.79 Å². The van der Waals surface area contributed by atoms with Gasteiger partial charge in [-0.2, -0.15) is 5.01 Å². The Labute approximate surface area is 169 Å². The Morgan fingerprint density at radius 1 is 1.30 bits per heavy atom. The zero-order valence-electron chi connectivity index (χ0n) is 13.9. The van der Waals surface area contributed by atoms with Gasteiger partial charge in [0.15, 0.2) is 15.8 Å². The number of hydrogen-bond donors (Lipinski definition) is 2. The van der Waals surface area contributed by atoms with Crippen molar-refractivity contribution < 1.29 is 19.4 Å². The van der Waals surface area contributed by atoms with E-state index in [0.29, 0.717) is 21.1 Å². The number of hydrogen-bond acceptors (Lipinski definition) is 6. The molecule has 3 rings (SSSR count). The van der Waals surface area contributed by atoms with Gasteiger partial charge in [-0.05, 0) is 60.3 Å². The van der Waals surface area contributed by atoms with Crippen molar-refractivity contribution >= 4 is 57.8 Å². The quantitative estimate of drug-likeness (QED) is 0.581. The Morgan fingerprint density at radius 2 is 2.00 bits per heavy atom. The molecule has 1 fully saturated rings. The van der Waals surface area contributed by atoms with Crippen LogP contribution >= 0.6 is 35.6 Å². The molecule has 0 aliphatic carbocycles. The largest absolute Gasteiger partial charge is 0.504 e. The number of thioether (sulfide) groups is 1. The number of phenolic OH excluding ortho intramolecular Hbond substituents is 1. The SMILES string of the molecule is COc1cc(/C=C2/SC(=S)N(NC(=O)c3ccc(Cl)cc3)C2=O)ccc1O. The first kappa shape index (κ1) is 19.2. The molecule has 0 aromatic heterocycles. The fraction of sp³-hybridized carbons (Fsp3) is 0.0556. The van der Waals surface area contributed by atoms with Crippen LogP contribution in [0.2, 0.25) is 5.02 Å². The third-order valence-electron chi connectivity index (χ3n) is 3.62. The highest BCUT2D eigenvalue weighted by Gasteiger charge is 2.33. The predicted molar refractivity (Wildman–Crippen MR) is 109 cm³/mol. The summed E-state index contributed by atoms with van der Waals surface area (Å²) in [4.78, 5) is 25.2. The minimum atomic E-state index is -0.476. The number of phenols is 1. The van der Waals surface area contributed by atoms with E-state index < -0.39 is 11.8 Å². The van der Waals surface area contributed by atoms with Gasteiger partial charge in [0.1, 0.15) is 0 Å². The average molecular weight is 421 g/mol. The third-order valence-corrected chi connectivity index (χ3v) is 5.17. The van der Waals surface area contributed by atoms with Crippen LogP contribution in [0.1, 0.15) is 15.9 Å². The molecule has 0 unspecified atom stereocenters. The molecular weight excluding hydrogens is 408 g/mol. The first-order chi connectivity index (χ1) is 12.9. The Morgan fingerprint density at radius 3 is 2.67 bits per heavy atom. The lowest BCUT2D eigenvalue weighted by Crippen LogP contribution is -2.44. The lowest BCUT2D eigenvalue weighted by atomic mass is 10.2. The Kier molecular flexibility index (Phi) is 5.69. The first-order valence-corrected chi connectivity index (χ1v) is 9.21. The minimum absolute atomic E-state index is 0.00238. The number of methoxy groups -OCH3 is 1. The van der Waals surface area contributed by atoms with Crippen LogP contribution in [0, 0.1) is 0 Å². The number of benzene rings is 2. The van der Waals surface area contributed by atoms with E-state index >= 15 is 0 Å². The molecule has 0 bridgehead atoms. The summed E-state index contributed by atoms with van der Waals surface area (Å²) in [5.41, 5.74) is 3.49. The first-order valence-electron chi connectivity index (χ1n) is 7.60. The van der Waals surface area contributed by atoms with E-state index in [1.807, 2.05) is 0 Å². The van der Waals surface area contributed by atoms with Gasteiger partial charge in [-0.1, -0.05) is 29.4 Å². The molecule has 2 amide bonds. The van der Waals surface area contributed by atoms with E-state index in [1.54, 1.807) is 42.5 Å². The van der Waals surface area contributed by atoms with E-state index in [0.717, 1.165) is 16.8 Å². The Hall–Kier alpha value is -2.55. The van der Waals surface area contributed by atoms with Crippen molar-refractivity contribution in [3.05, 3.63) is 63.5 Å². The summed E-state index contributed by atoms with van der Waals surface area (Å²) >= 11 is 12.1. The molecule has 0 saturated carbocycles. The molecule has 0 spiro atoms. The highest BCUT2D eigenvalue weighted by atomic mass is 35.5. The van der Waals surface area contributed by atoms with Gasteiger partial charge in [-0.3, -0.25) is 15.0 Å². The standard InChI is InChI=1S/C18H13ClN2O4S2/c1-25-14-8-10(2-7-13(14)22)9-15-17(24)21(18(26)27-15)20-16(23)11-3-5-12(19)6-4-11/h2-9,22H,1H3,(H,20,23)/b15-9+. The number of amides is 2. The van der Waals surface area contributed by atoms with Crippen LogP contribution in [-0.4, -0.2) is 33.4 Å². The van der Waals surface area contributed by atoms with Gasteiger partial charge in [0, 0.05) is 10.6 Å². The number of nitrogens with zero attached hydrogens (tertiary/aromatic N) is 1. The average Bonchev–Trinajstić information content (AvgIpc) is 2.91. The Bertz CT molecular complexity index is 960. The van der Waals surface area contributed by atoms with Crippen LogP contribution in [0.5, 0.6) is 11.5 Å². The number of halogens is 1. The van der Waals surface area contributed by atoms with E-state index in [9.17, 15) is 14.7 Å². The molecule has 2 aromatic rings. The number of rotatable bonds is 4. The zero-order valence-corrected chi connectivity index (χ0v) is 16.3. The predicted octanol–water partition coefficient (Wildman–Crippen LogP) is 3.60. The lowest BCUT2D eigenvalue weighted by Gasteiger charge is -2.15. The molecule has 1 aliphatic rings. The van der Waals surface area contributed by atoms with Gasteiger partial charge in [0.2, 0.25) is 0 Å². The molecule has 9 heteroatoms. The number of thiocarbonyl (C=S) groups is 1. The van der Waals surface area contributed by atoms with E-state index in [2.05, 4.69) is 5.43 Å². The van der Waals surface area contributed by atoms with Crippen molar-refractivity contribution in [1.82, 2.24) is 10.4 Å². The topological polar surface area (TPSA) is 78.9 Å². The van der Waals surface area contributed by atoms with Crippen molar-refractivity contribution in [1.29, 1.82) is 0 Å². The van der Waals surface area contributed by atoms with Crippen LogP contribution in [0.15, 0.2) is 47.4 Å². The molecule has 1 heterocycles. The van der Waals surface area contributed by atoms with Crippen molar-refractivity contribution in [2.24, 2.45) is 0 Å². The van der Waals surface area contributed by atoms with Gasteiger partial charge in [0.05, 0.1) is 12.0 Å². The van der Waals surface area contributed by atoms with Gasteiger partial charge >= 0.3 is 0 Å². The normalized spacial score (nSPS) is 15.3. The second-order valence-electron chi connectivity index (χ2n) is 5.40. The number of ether oxygens (including phenoxy) is 1. The summed E-state index contributed by atoms with van der Waals surface area (Å²) in [7, 11) is 1.44. The number of carbonyl (C=O) groups excluding carboxylic acids is 2. The Balaban J connectivity index is 1.78.